The van der Waals surface area contributed by atoms with Crippen molar-refractivity contribution in [2.45, 2.75) is 27.7 Å². The van der Waals surface area contributed by atoms with E-state index in [0.717, 1.165) is 6.07 Å². The summed E-state index contributed by atoms with van der Waals surface area (Å²) in [6.07, 6.45) is 0. The maximum absolute atomic E-state index is 13.1. The van der Waals surface area contributed by atoms with Gasteiger partial charge in [0.25, 0.3) is 0 Å². The molecule has 0 heterocycles. The molecule has 0 fully saturated rings. The first-order valence-electron chi connectivity index (χ1n) is 4.43. The number of nitrogens with zero attached hydrogens (tertiary/aromatic N) is 1. The molecule has 0 aliphatic carbocycles. The van der Waals surface area contributed by atoms with Crippen molar-refractivity contribution in [3.63, 3.8) is 0 Å². The molecular formula is C11H13F2N. The van der Waals surface area contributed by atoms with E-state index >= 15 is 0 Å². The Kier molecular flexibility index (Phi) is 4.79. The summed E-state index contributed by atoms with van der Waals surface area (Å²) in [4.78, 5) is 0. The minimum absolute atomic E-state index is 0.201. The van der Waals surface area contributed by atoms with Crippen LogP contribution in [0.25, 0.3) is 0 Å². The molecule has 0 saturated heterocycles. The maximum atomic E-state index is 13.1. The monoisotopic (exact) mass is 197 g/mol. The van der Waals surface area contributed by atoms with Gasteiger partial charge in [-0.2, -0.15) is 5.26 Å². The average Bonchev–Trinajstić information content (AvgIpc) is 2.23. The van der Waals surface area contributed by atoms with Gasteiger partial charge in [-0.3, -0.25) is 0 Å². The molecule has 0 spiro atoms. The summed E-state index contributed by atoms with van der Waals surface area (Å²) in [5.41, 5.74) is 0.216. The third kappa shape index (κ3) is 2.29. The van der Waals surface area contributed by atoms with Gasteiger partial charge in [0.05, 0.1) is 5.56 Å². The SMILES string of the molecule is CC.Cc1c(F)cc(C#N)c(F)c1C. The lowest BCUT2D eigenvalue weighted by atomic mass is 10.1. The van der Waals surface area contributed by atoms with Crippen molar-refractivity contribution in [2.24, 2.45) is 0 Å². The van der Waals surface area contributed by atoms with Crippen LogP contribution in [0.5, 0.6) is 0 Å². The summed E-state index contributed by atoms with van der Waals surface area (Å²) in [5.74, 6) is -1.16. The number of hydrogen-bond donors (Lipinski definition) is 0. The predicted molar refractivity (Wildman–Crippen MR) is 51.9 cm³/mol. The van der Waals surface area contributed by atoms with Crippen LogP contribution in [0, 0.1) is 36.8 Å². The van der Waals surface area contributed by atoms with Gasteiger partial charge in [0, 0.05) is 0 Å². The van der Waals surface area contributed by atoms with E-state index in [4.69, 9.17) is 5.26 Å². The smallest absolute Gasteiger partial charge is 0.144 e. The number of benzene rings is 1. The molecule has 0 amide bonds. The summed E-state index contributed by atoms with van der Waals surface area (Å²) < 4.78 is 25.9. The number of nitriles is 1. The van der Waals surface area contributed by atoms with Gasteiger partial charge in [-0.25, -0.2) is 8.78 Å². The normalized spacial score (nSPS) is 8.64. The molecule has 0 radical (unpaired) electrons. The summed E-state index contributed by atoms with van der Waals surface area (Å²) in [6, 6.07) is 2.50. The van der Waals surface area contributed by atoms with Gasteiger partial charge in [0.15, 0.2) is 0 Å². The van der Waals surface area contributed by atoms with Crippen LogP contribution >= 0.6 is 0 Å². The third-order valence-electron chi connectivity index (χ3n) is 1.88. The van der Waals surface area contributed by atoms with Gasteiger partial charge in [0.1, 0.15) is 17.7 Å². The highest BCUT2D eigenvalue weighted by Gasteiger charge is 2.11. The van der Waals surface area contributed by atoms with Gasteiger partial charge >= 0.3 is 0 Å². The van der Waals surface area contributed by atoms with Crippen LogP contribution in [-0.4, -0.2) is 0 Å². The molecule has 3 heteroatoms. The molecule has 0 aliphatic heterocycles. The topological polar surface area (TPSA) is 23.8 Å². The van der Waals surface area contributed by atoms with Crippen LogP contribution in [0.4, 0.5) is 8.78 Å². The Hall–Kier alpha value is -1.43. The predicted octanol–water partition coefficient (Wildman–Crippen LogP) is 3.48. The molecule has 0 aliphatic rings. The molecule has 0 bridgehead atoms. The van der Waals surface area contributed by atoms with Gasteiger partial charge in [-0.15, -0.1) is 0 Å². The molecule has 76 valence electrons. The van der Waals surface area contributed by atoms with Crippen molar-refractivity contribution in [1.82, 2.24) is 0 Å². The number of hydrogen-bond acceptors (Lipinski definition) is 1. The fourth-order valence-electron chi connectivity index (χ4n) is 0.925. The molecular weight excluding hydrogens is 184 g/mol. The van der Waals surface area contributed by atoms with Crippen molar-refractivity contribution in [1.29, 1.82) is 5.26 Å². The van der Waals surface area contributed by atoms with E-state index in [2.05, 4.69) is 0 Å². The molecule has 0 aromatic heterocycles. The molecule has 1 aromatic carbocycles. The maximum Gasteiger partial charge on any atom is 0.144 e. The van der Waals surface area contributed by atoms with Crippen molar-refractivity contribution in [2.75, 3.05) is 0 Å². The highest BCUT2D eigenvalue weighted by Crippen LogP contribution is 2.18. The summed E-state index contributed by atoms with van der Waals surface area (Å²) in [5, 5.41) is 8.40. The Morgan fingerprint density at radius 3 is 2.07 bits per heavy atom. The van der Waals surface area contributed by atoms with E-state index in [9.17, 15) is 8.78 Å². The number of halogens is 2. The summed E-state index contributed by atoms with van der Waals surface area (Å²) >= 11 is 0. The van der Waals surface area contributed by atoms with Gasteiger partial charge in [0.2, 0.25) is 0 Å². The zero-order valence-corrected chi connectivity index (χ0v) is 8.78. The van der Waals surface area contributed by atoms with Gasteiger partial charge < -0.3 is 0 Å². The van der Waals surface area contributed by atoms with E-state index in [1.165, 1.54) is 13.8 Å². The third-order valence-corrected chi connectivity index (χ3v) is 1.88. The molecule has 0 saturated carbocycles. The molecule has 14 heavy (non-hydrogen) atoms. The van der Waals surface area contributed by atoms with E-state index in [0.29, 0.717) is 0 Å². The Morgan fingerprint density at radius 2 is 1.64 bits per heavy atom. The molecule has 1 nitrogen and oxygen atoms in total. The largest absolute Gasteiger partial charge is 0.207 e. The first-order chi connectivity index (χ1) is 6.57. The quantitative estimate of drug-likeness (QED) is 0.624. The van der Waals surface area contributed by atoms with Crippen LogP contribution in [0.3, 0.4) is 0 Å². The lowest BCUT2D eigenvalue weighted by molar-refractivity contribution is 0.581. The van der Waals surface area contributed by atoms with Crippen molar-refractivity contribution < 1.29 is 8.78 Å². The second-order valence-electron chi connectivity index (χ2n) is 2.58. The minimum atomic E-state index is -0.628. The molecule has 1 rings (SSSR count). The van der Waals surface area contributed by atoms with Crippen molar-refractivity contribution in [3.8, 4) is 6.07 Å². The van der Waals surface area contributed by atoms with E-state index in [1.807, 2.05) is 13.8 Å². The first-order valence-corrected chi connectivity index (χ1v) is 4.43. The second-order valence-corrected chi connectivity index (χ2v) is 2.58. The van der Waals surface area contributed by atoms with Crippen LogP contribution in [0.1, 0.15) is 30.5 Å². The zero-order valence-electron chi connectivity index (χ0n) is 8.78. The number of rotatable bonds is 0. The van der Waals surface area contributed by atoms with Crippen molar-refractivity contribution >= 4 is 0 Å². The van der Waals surface area contributed by atoms with E-state index in [-0.39, 0.29) is 16.7 Å². The van der Waals surface area contributed by atoms with Gasteiger partial charge in [-0.05, 0) is 31.0 Å². The highest BCUT2D eigenvalue weighted by molar-refractivity contribution is 5.39. The fraction of sp³-hybridized carbons (Fsp3) is 0.364. The lowest BCUT2D eigenvalue weighted by Gasteiger charge is -2.03. The van der Waals surface area contributed by atoms with Crippen LogP contribution < -0.4 is 0 Å². The Morgan fingerprint density at radius 1 is 1.14 bits per heavy atom. The Labute approximate surface area is 83.0 Å². The first kappa shape index (κ1) is 12.6. The molecule has 1 aromatic rings. The van der Waals surface area contributed by atoms with E-state index < -0.39 is 11.6 Å². The van der Waals surface area contributed by atoms with Crippen LogP contribution in [0.2, 0.25) is 0 Å². The standard InChI is InChI=1S/C9H7F2N.C2H6/c1-5-6(2)9(11)7(4-12)3-8(5)10;1-2/h3H,1-2H3;1-2H3. The van der Waals surface area contributed by atoms with Crippen LogP contribution in [-0.2, 0) is 0 Å². The molecule has 0 N–H and O–H groups in total. The summed E-state index contributed by atoms with van der Waals surface area (Å²) in [7, 11) is 0. The van der Waals surface area contributed by atoms with E-state index in [1.54, 1.807) is 6.07 Å². The Bertz CT molecular complexity index is 365. The van der Waals surface area contributed by atoms with Gasteiger partial charge in [-0.1, -0.05) is 13.8 Å². The molecule has 0 atom stereocenters. The van der Waals surface area contributed by atoms with Crippen molar-refractivity contribution in [3.05, 3.63) is 34.4 Å². The minimum Gasteiger partial charge on any atom is -0.207 e. The van der Waals surface area contributed by atoms with Crippen LogP contribution in [0.15, 0.2) is 6.07 Å². The fourth-order valence-corrected chi connectivity index (χ4v) is 0.925. The molecule has 0 unspecified atom stereocenters. The lowest BCUT2D eigenvalue weighted by Crippen LogP contribution is -1.96. The second kappa shape index (κ2) is 5.33. The Balaban J connectivity index is 0.000000791. The summed E-state index contributed by atoms with van der Waals surface area (Å²) in [6.45, 7) is 6.93. The zero-order chi connectivity index (χ0) is 11.3. The average molecular weight is 197 g/mol. The highest BCUT2D eigenvalue weighted by atomic mass is 19.1.